The van der Waals surface area contributed by atoms with Crippen molar-refractivity contribution in [1.82, 2.24) is 4.90 Å². The number of aliphatic carboxylic acids is 1. The predicted molar refractivity (Wildman–Crippen MR) is 74.0 cm³/mol. The first kappa shape index (κ1) is 13.7. The average Bonchev–Trinajstić information content (AvgIpc) is 3.07. The third-order valence-corrected chi connectivity index (χ3v) is 5.34. The Bertz CT molecular complexity index is 473. The molecule has 2 fully saturated rings. The van der Waals surface area contributed by atoms with Crippen LogP contribution in [0.3, 0.4) is 0 Å². The van der Waals surface area contributed by atoms with Crippen LogP contribution in [0.15, 0.2) is 12.2 Å². The van der Waals surface area contributed by atoms with Gasteiger partial charge >= 0.3 is 5.97 Å². The summed E-state index contributed by atoms with van der Waals surface area (Å²) in [7, 11) is 0. The summed E-state index contributed by atoms with van der Waals surface area (Å²) in [5, 5.41) is 9.34. The maximum Gasteiger partial charge on any atom is 0.326 e. The number of carbonyl (C=O) groups excluding carboxylic acids is 2. The lowest BCUT2D eigenvalue weighted by Gasteiger charge is -2.24. The second-order valence-corrected chi connectivity index (χ2v) is 6.67. The Morgan fingerprint density at radius 3 is 2.35 bits per heavy atom. The van der Waals surface area contributed by atoms with Gasteiger partial charge in [-0.1, -0.05) is 12.2 Å². The molecule has 0 aromatic carbocycles. The summed E-state index contributed by atoms with van der Waals surface area (Å²) < 4.78 is 0. The fourth-order valence-corrected chi connectivity index (χ4v) is 4.28. The number of nitrogens with zero attached hydrogens (tertiary/aromatic N) is 1. The fraction of sp³-hybridized carbons (Fsp3) is 0.643. The van der Waals surface area contributed by atoms with Crippen LogP contribution in [0.1, 0.15) is 12.8 Å². The standard InChI is InChI=1S/C14H17NO4S/c1-20-5-4-9(14(18)19)15-12(16)10-7-2-3-8(6-7)11(10)13(15)17/h2-3,7-11H,4-6H2,1H3,(H,18,19). The molecule has 3 aliphatic rings. The zero-order valence-corrected chi connectivity index (χ0v) is 12.0. The number of amides is 2. The summed E-state index contributed by atoms with van der Waals surface area (Å²) in [5.74, 6) is -1.38. The highest BCUT2D eigenvalue weighted by molar-refractivity contribution is 7.98. The van der Waals surface area contributed by atoms with Gasteiger partial charge in [0, 0.05) is 0 Å². The summed E-state index contributed by atoms with van der Waals surface area (Å²) >= 11 is 1.52. The highest BCUT2D eigenvalue weighted by Crippen LogP contribution is 2.52. The summed E-state index contributed by atoms with van der Waals surface area (Å²) in [4.78, 5) is 37.4. The Morgan fingerprint density at radius 2 is 1.90 bits per heavy atom. The lowest BCUT2D eigenvalue weighted by Crippen LogP contribution is -2.46. The van der Waals surface area contributed by atoms with E-state index in [1.54, 1.807) is 0 Å². The van der Waals surface area contributed by atoms with Crippen molar-refractivity contribution in [2.75, 3.05) is 12.0 Å². The second-order valence-electron chi connectivity index (χ2n) is 5.68. The van der Waals surface area contributed by atoms with Crippen molar-refractivity contribution in [3.8, 4) is 0 Å². The second kappa shape index (κ2) is 4.91. The minimum Gasteiger partial charge on any atom is -0.480 e. The van der Waals surface area contributed by atoms with Crippen molar-refractivity contribution >= 4 is 29.5 Å². The number of likely N-dealkylation sites (tertiary alicyclic amines) is 1. The van der Waals surface area contributed by atoms with E-state index in [4.69, 9.17) is 0 Å². The number of hydrogen-bond donors (Lipinski definition) is 1. The molecule has 1 N–H and O–H groups in total. The fourth-order valence-electron chi connectivity index (χ4n) is 3.83. The maximum atomic E-state index is 12.5. The van der Waals surface area contributed by atoms with Gasteiger partial charge in [0.1, 0.15) is 6.04 Å². The molecule has 5 nitrogen and oxygen atoms in total. The topological polar surface area (TPSA) is 74.7 Å². The Morgan fingerprint density at radius 1 is 1.35 bits per heavy atom. The molecule has 0 aromatic heterocycles. The number of carboxylic acids is 1. The summed E-state index contributed by atoms with van der Waals surface area (Å²) in [6, 6.07) is -1.01. The number of allylic oxidation sites excluding steroid dienone is 2. The van der Waals surface area contributed by atoms with E-state index in [0.29, 0.717) is 12.2 Å². The van der Waals surface area contributed by atoms with Gasteiger partial charge in [-0.3, -0.25) is 14.5 Å². The molecule has 108 valence electrons. The van der Waals surface area contributed by atoms with Gasteiger partial charge in [0.05, 0.1) is 11.8 Å². The molecule has 5 atom stereocenters. The van der Waals surface area contributed by atoms with E-state index >= 15 is 0 Å². The number of rotatable bonds is 5. The van der Waals surface area contributed by atoms with Gasteiger partial charge in [-0.25, -0.2) is 4.79 Å². The normalized spacial score (nSPS) is 35.8. The van der Waals surface area contributed by atoms with Gasteiger partial charge in [0.2, 0.25) is 11.8 Å². The van der Waals surface area contributed by atoms with Crippen LogP contribution < -0.4 is 0 Å². The van der Waals surface area contributed by atoms with Gasteiger partial charge in [-0.05, 0) is 36.7 Å². The van der Waals surface area contributed by atoms with E-state index in [0.717, 1.165) is 11.3 Å². The highest BCUT2D eigenvalue weighted by atomic mass is 32.2. The van der Waals surface area contributed by atoms with Crippen molar-refractivity contribution in [2.24, 2.45) is 23.7 Å². The van der Waals surface area contributed by atoms with Gasteiger partial charge in [-0.15, -0.1) is 0 Å². The van der Waals surface area contributed by atoms with Crippen LogP contribution in [-0.2, 0) is 14.4 Å². The molecule has 1 aliphatic heterocycles. The monoisotopic (exact) mass is 295 g/mol. The van der Waals surface area contributed by atoms with Crippen molar-refractivity contribution in [1.29, 1.82) is 0 Å². The summed E-state index contributed by atoms with van der Waals surface area (Å²) in [6.45, 7) is 0. The van der Waals surface area contributed by atoms with E-state index in [1.165, 1.54) is 11.8 Å². The van der Waals surface area contributed by atoms with Gasteiger partial charge < -0.3 is 5.11 Å². The minimum atomic E-state index is -1.08. The zero-order chi connectivity index (χ0) is 14.4. The molecule has 3 rings (SSSR count). The van der Waals surface area contributed by atoms with Crippen molar-refractivity contribution in [2.45, 2.75) is 18.9 Å². The quantitative estimate of drug-likeness (QED) is 0.605. The van der Waals surface area contributed by atoms with Gasteiger partial charge in [0.15, 0.2) is 0 Å². The molecule has 1 saturated carbocycles. The zero-order valence-electron chi connectivity index (χ0n) is 11.2. The molecule has 6 heteroatoms. The number of hydrogen-bond acceptors (Lipinski definition) is 4. The van der Waals surface area contributed by atoms with Crippen LogP contribution in [0, 0.1) is 23.7 Å². The molecule has 2 amide bonds. The van der Waals surface area contributed by atoms with Crippen LogP contribution >= 0.6 is 11.8 Å². The number of thioether (sulfide) groups is 1. The van der Waals surface area contributed by atoms with E-state index in [1.807, 2.05) is 18.4 Å². The van der Waals surface area contributed by atoms with Crippen LogP contribution in [-0.4, -0.2) is 45.8 Å². The van der Waals surface area contributed by atoms with Gasteiger partial charge in [-0.2, -0.15) is 11.8 Å². The molecule has 5 unspecified atom stereocenters. The van der Waals surface area contributed by atoms with Crippen LogP contribution in [0.25, 0.3) is 0 Å². The largest absolute Gasteiger partial charge is 0.480 e. The Kier molecular flexibility index (Phi) is 3.36. The molecule has 20 heavy (non-hydrogen) atoms. The SMILES string of the molecule is CSCCC(C(=O)O)N1C(=O)C2C3C=CC(C3)C2C1=O. The molecule has 1 saturated heterocycles. The van der Waals surface area contributed by atoms with Crippen LogP contribution in [0.2, 0.25) is 0 Å². The van der Waals surface area contributed by atoms with Crippen molar-refractivity contribution in [3.05, 3.63) is 12.2 Å². The predicted octanol–water partition coefficient (Wildman–Crippen LogP) is 1.000. The number of carboxylic acid groups (broad SMARTS) is 1. The summed E-state index contributed by atoms with van der Waals surface area (Å²) in [5.41, 5.74) is 0. The third kappa shape index (κ3) is 1.81. The van der Waals surface area contributed by atoms with E-state index in [9.17, 15) is 19.5 Å². The van der Waals surface area contributed by atoms with E-state index in [-0.39, 0.29) is 35.5 Å². The molecular formula is C14H17NO4S. The molecule has 0 spiro atoms. The lowest BCUT2D eigenvalue weighted by atomic mass is 9.85. The first-order valence-electron chi connectivity index (χ1n) is 6.83. The van der Waals surface area contributed by atoms with Crippen molar-refractivity contribution in [3.63, 3.8) is 0 Å². The highest BCUT2D eigenvalue weighted by Gasteiger charge is 2.61. The lowest BCUT2D eigenvalue weighted by molar-refractivity contribution is -0.155. The average molecular weight is 295 g/mol. The Balaban J connectivity index is 1.86. The maximum absolute atomic E-state index is 12.5. The smallest absolute Gasteiger partial charge is 0.326 e. The molecule has 1 heterocycles. The number of imide groups is 1. The first-order chi connectivity index (χ1) is 9.56. The Labute approximate surface area is 121 Å². The molecule has 0 aromatic rings. The molecule has 2 bridgehead atoms. The molecule has 0 radical (unpaired) electrons. The third-order valence-electron chi connectivity index (χ3n) is 4.70. The summed E-state index contributed by atoms with van der Waals surface area (Å²) in [6.07, 6.45) is 7.08. The Hall–Kier alpha value is -1.30. The number of fused-ring (bicyclic) bond motifs is 5. The van der Waals surface area contributed by atoms with E-state index < -0.39 is 12.0 Å². The van der Waals surface area contributed by atoms with Crippen molar-refractivity contribution < 1.29 is 19.5 Å². The minimum absolute atomic E-state index is 0.126. The first-order valence-corrected chi connectivity index (χ1v) is 8.22. The number of carbonyl (C=O) groups is 3. The molecule has 2 aliphatic carbocycles. The molecular weight excluding hydrogens is 278 g/mol. The van der Waals surface area contributed by atoms with E-state index in [2.05, 4.69) is 0 Å². The van der Waals surface area contributed by atoms with Gasteiger partial charge in [0.25, 0.3) is 0 Å². The van der Waals surface area contributed by atoms with Crippen LogP contribution in [0.4, 0.5) is 0 Å². The van der Waals surface area contributed by atoms with Crippen LogP contribution in [0.5, 0.6) is 0 Å².